The van der Waals surface area contributed by atoms with Crippen molar-refractivity contribution in [2.24, 2.45) is 0 Å². The monoisotopic (exact) mass is 336 g/mol. The first-order chi connectivity index (χ1) is 10.7. The number of aliphatic hydroxyl groups is 1. The second-order valence-corrected chi connectivity index (χ2v) is 7.68. The average Bonchev–Trinajstić information content (AvgIpc) is 3.12. The van der Waals surface area contributed by atoms with Crippen molar-refractivity contribution in [3.8, 4) is 11.8 Å². The van der Waals surface area contributed by atoms with E-state index in [9.17, 15) is 9.90 Å². The van der Waals surface area contributed by atoms with Crippen LogP contribution in [0.3, 0.4) is 0 Å². The molecule has 23 heavy (non-hydrogen) atoms. The molecule has 1 aliphatic heterocycles. The smallest absolute Gasteiger partial charge is 0.287 e. The van der Waals surface area contributed by atoms with E-state index in [0.717, 1.165) is 17.9 Å². The molecular formula is C17H24N2O3S. The number of hydrogen-bond donors (Lipinski definition) is 2. The Bertz CT molecular complexity index is 614. The SMILES string of the molecule is CN(C)C1(CNC(=O)c2ccc(C#CC(C)(C)O)o2)CCSC1. The Kier molecular flexibility index (Phi) is 5.45. The maximum atomic E-state index is 12.3. The Hall–Kier alpha value is -1.42. The lowest BCUT2D eigenvalue weighted by atomic mass is 9.97. The van der Waals surface area contributed by atoms with Gasteiger partial charge in [0.05, 0.1) is 0 Å². The molecule has 1 atom stereocenters. The van der Waals surface area contributed by atoms with Gasteiger partial charge >= 0.3 is 0 Å². The van der Waals surface area contributed by atoms with Crippen molar-refractivity contribution in [2.75, 3.05) is 32.1 Å². The van der Waals surface area contributed by atoms with Crippen molar-refractivity contribution in [3.63, 3.8) is 0 Å². The van der Waals surface area contributed by atoms with Gasteiger partial charge in [-0.2, -0.15) is 11.8 Å². The number of hydrogen-bond acceptors (Lipinski definition) is 5. The van der Waals surface area contributed by atoms with E-state index in [4.69, 9.17) is 4.42 Å². The van der Waals surface area contributed by atoms with Gasteiger partial charge in [-0.05, 0) is 58.2 Å². The third-order valence-electron chi connectivity index (χ3n) is 3.93. The summed E-state index contributed by atoms with van der Waals surface area (Å²) in [5, 5.41) is 12.5. The normalized spacial score (nSPS) is 21.1. The fourth-order valence-corrected chi connectivity index (χ4v) is 3.87. The molecule has 1 fully saturated rings. The maximum Gasteiger partial charge on any atom is 0.287 e. The summed E-state index contributed by atoms with van der Waals surface area (Å²) in [4.78, 5) is 14.4. The van der Waals surface area contributed by atoms with E-state index in [1.54, 1.807) is 26.0 Å². The third-order valence-corrected chi connectivity index (χ3v) is 5.16. The molecule has 1 saturated heterocycles. The van der Waals surface area contributed by atoms with E-state index in [1.165, 1.54) is 0 Å². The van der Waals surface area contributed by atoms with E-state index >= 15 is 0 Å². The second kappa shape index (κ2) is 7.00. The van der Waals surface area contributed by atoms with Gasteiger partial charge in [-0.1, -0.05) is 5.92 Å². The van der Waals surface area contributed by atoms with Gasteiger partial charge in [0.15, 0.2) is 11.5 Å². The minimum atomic E-state index is -1.09. The number of carbonyl (C=O) groups excluding carboxylic acids is 1. The number of furan rings is 1. The Morgan fingerprint density at radius 1 is 1.52 bits per heavy atom. The highest BCUT2D eigenvalue weighted by atomic mass is 32.2. The highest BCUT2D eigenvalue weighted by Gasteiger charge is 2.37. The van der Waals surface area contributed by atoms with Crippen LogP contribution in [0.15, 0.2) is 16.5 Å². The Morgan fingerprint density at radius 3 is 2.83 bits per heavy atom. The maximum absolute atomic E-state index is 12.3. The number of rotatable bonds is 4. The van der Waals surface area contributed by atoms with Crippen LogP contribution in [0.25, 0.3) is 0 Å². The summed E-state index contributed by atoms with van der Waals surface area (Å²) in [7, 11) is 4.10. The minimum Gasteiger partial charge on any atom is -0.443 e. The van der Waals surface area contributed by atoms with Crippen molar-refractivity contribution < 1.29 is 14.3 Å². The van der Waals surface area contributed by atoms with Gasteiger partial charge in [0, 0.05) is 17.8 Å². The van der Waals surface area contributed by atoms with Crippen LogP contribution >= 0.6 is 11.8 Å². The van der Waals surface area contributed by atoms with E-state index < -0.39 is 5.60 Å². The molecule has 0 radical (unpaired) electrons. The van der Waals surface area contributed by atoms with E-state index in [2.05, 4.69) is 36.2 Å². The number of nitrogens with zero attached hydrogens (tertiary/aromatic N) is 1. The van der Waals surface area contributed by atoms with Gasteiger partial charge in [-0.15, -0.1) is 0 Å². The fraction of sp³-hybridized carbons (Fsp3) is 0.588. The van der Waals surface area contributed by atoms with Crippen LogP contribution in [0.4, 0.5) is 0 Å². The summed E-state index contributed by atoms with van der Waals surface area (Å²) in [6, 6.07) is 3.25. The van der Waals surface area contributed by atoms with E-state index in [0.29, 0.717) is 12.3 Å². The summed E-state index contributed by atoms with van der Waals surface area (Å²) in [5.74, 6) is 7.89. The number of carbonyl (C=O) groups is 1. The molecule has 1 aromatic heterocycles. The first-order valence-corrected chi connectivity index (χ1v) is 8.76. The minimum absolute atomic E-state index is 0.0104. The van der Waals surface area contributed by atoms with Crippen LogP contribution in [0.5, 0.6) is 0 Å². The van der Waals surface area contributed by atoms with Crippen molar-refractivity contribution in [2.45, 2.75) is 31.4 Å². The molecule has 1 unspecified atom stereocenters. The molecule has 0 spiro atoms. The predicted octanol–water partition coefficient (Wildman–Crippen LogP) is 1.57. The molecular weight excluding hydrogens is 312 g/mol. The molecule has 2 heterocycles. The average molecular weight is 336 g/mol. The standard InChI is InChI=1S/C17H24N2O3S/c1-16(2,21)8-7-13-5-6-14(22-13)15(20)18-11-17(19(3)4)9-10-23-12-17/h5-6,21H,9-12H2,1-4H3,(H,18,20). The van der Waals surface area contributed by atoms with E-state index in [-0.39, 0.29) is 17.2 Å². The lowest BCUT2D eigenvalue weighted by molar-refractivity contribution is 0.0886. The molecule has 0 aromatic carbocycles. The Morgan fingerprint density at radius 2 is 2.26 bits per heavy atom. The highest BCUT2D eigenvalue weighted by molar-refractivity contribution is 7.99. The molecule has 1 aliphatic rings. The number of amides is 1. The molecule has 0 saturated carbocycles. The van der Waals surface area contributed by atoms with Gasteiger partial charge in [-0.25, -0.2) is 0 Å². The lowest BCUT2D eigenvalue weighted by Crippen LogP contribution is -2.52. The Balaban J connectivity index is 1.98. The van der Waals surface area contributed by atoms with Gasteiger partial charge in [-0.3, -0.25) is 4.79 Å². The molecule has 2 rings (SSSR count). The van der Waals surface area contributed by atoms with Crippen molar-refractivity contribution in [3.05, 3.63) is 23.7 Å². The van der Waals surface area contributed by atoms with Crippen LogP contribution in [0.2, 0.25) is 0 Å². The van der Waals surface area contributed by atoms with Crippen molar-refractivity contribution in [1.82, 2.24) is 10.2 Å². The van der Waals surface area contributed by atoms with Crippen LogP contribution in [0.1, 0.15) is 36.6 Å². The third kappa shape index (κ3) is 4.77. The molecule has 5 nitrogen and oxygen atoms in total. The summed E-state index contributed by atoms with van der Waals surface area (Å²) in [6.45, 7) is 3.78. The zero-order chi connectivity index (χ0) is 17.1. The summed E-state index contributed by atoms with van der Waals surface area (Å²) >= 11 is 1.91. The molecule has 2 N–H and O–H groups in total. The van der Waals surface area contributed by atoms with Gasteiger partial charge in [0.25, 0.3) is 5.91 Å². The number of likely N-dealkylation sites (N-methyl/N-ethyl adjacent to an activating group) is 1. The van der Waals surface area contributed by atoms with Gasteiger partial charge in [0.2, 0.25) is 0 Å². The fourth-order valence-electron chi connectivity index (χ4n) is 2.32. The molecule has 1 aromatic rings. The van der Waals surface area contributed by atoms with Crippen LogP contribution in [0, 0.1) is 11.8 Å². The highest BCUT2D eigenvalue weighted by Crippen LogP contribution is 2.31. The largest absolute Gasteiger partial charge is 0.443 e. The number of thioether (sulfide) groups is 1. The number of nitrogens with one attached hydrogen (secondary N) is 1. The summed E-state index contributed by atoms with van der Waals surface area (Å²) in [5.41, 5.74) is -1.08. The van der Waals surface area contributed by atoms with Crippen LogP contribution in [-0.2, 0) is 0 Å². The molecule has 6 heteroatoms. The summed E-state index contributed by atoms with van der Waals surface area (Å²) in [6.07, 6.45) is 1.06. The zero-order valence-electron chi connectivity index (χ0n) is 14.1. The molecule has 126 valence electrons. The van der Waals surface area contributed by atoms with Crippen molar-refractivity contribution in [1.29, 1.82) is 0 Å². The Labute approximate surface area is 141 Å². The summed E-state index contributed by atoms with van der Waals surface area (Å²) < 4.78 is 5.43. The first kappa shape index (κ1) is 17.9. The lowest BCUT2D eigenvalue weighted by Gasteiger charge is -2.35. The van der Waals surface area contributed by atoms with Gasteiger partial charge in [0.1, 0.15) is 5.60 Å². The van der Waals surface area contributed by atoms with Gasteiger partial charge < -0.3 is 19.7 Å². The van der Waals surface area contributed by atoms with Crippen LogP contribution < -0.4 is 5.32 Å². The van der Waals surface area contributed by atoms with Crippen LogP contribution in [-0.4, -0.2) is 59.2 Å². The first-order valence-electron chi connectivity index (χ1n) is 7.61. The quantitative estimate of drug-likeness (QED) is 0.817. The molecule has 0 bridgehead atoms. The molecule has 1 amide bonds. The van der Waals surface area contributed by atoms with E-state index in [1.807, 2.05) is 11.8 Å². The predicted molar refractivity (Wildman–Crippen MR) is 92.6 cm³/mol. The zero-order valence-corrected chi connectivity index (χ0v) is 14.9. The molecule has 0 aliphatic carbocycles. The van der Waals surface area contributed by atoms with Crippen molar-refractivity contribution >= 4 is 17.7 Å². The topological polar surface area (TPSA) is 65.7 Å². The second-order valence-electron chi connectivity index (χ2n) is 6.58.